The summed E-state index contributed by atoms with van der Waals surface area (Å²) in [6, 6.07) is 18.3. The normalized spacial score (nSPS) is 15.0. The second-order valence-corrected chi connectivity index (χ2v) is 8.53. The molecule has 5 nitrogen and oxygen atoms in total. The maximum absolute atomic E-state index is 12.9. The minimum absolute atomic E-state index is 0.171. The van der Waals surface area contributed by atoms with Crippen molar-refractivity contribution >= 4 is 51.9 Å². The van der Waals surface area contributed by atoms with Crippen molar-refractivity contribution in [3.8, 4) is 11.3 Å². The third-order valence-electron chi connectivity index (χ3n) is 4.67. The van der Waals surface area contributed by atoms with Crippen molar-refractivity contribution in [3.05, 3.63) is 82.5 Å². The van der Waals surface area contributed by atoms with Gasteiger partial charge in [0.25, 0.3) is 5.91 Å². The lowest BCUT2D eigenvalue weighted by Crippen LogP contribution is -2.27. The van der Waals surface area contributed by atoms with E-state index in [-0.39, 0.29) is 11.9 Å². The Balaban J connectivity index is 1.53. The number of hydrogen-bond donors (Lipinski definition) is 0. The van der Waals surface area contributed by atoms with E-state index < -0.39 is 0 Å². The molecule has 2 aromatic carbocycles. The SMILES string of the molecule is CCOC(=O)c1ccc(-c2ccc(/C=C3\SC(=S)N(c4ccc(C)cc4)C3=O)o2)cc1. The van der Waals surface area contributed by atoms with Crippen LogP contribution in [0.4, 0.5) is 5.69 Å². The van der Waals surface area contributed by atoms with E-state index in [9.17, 15) is 9.59 Å². The smallest absolute Gasteiger partial charge is 0.338 e. The molecule has 4 rings (SSSR count). The summed E-state index contributed by atoms with van der Waals surface area (Å²) >= 11 is 6.67. The fourth-order valence-corrected chi connectivity index (χ4v) is 4.36. The minimum Gasteiger partial charge on any atom is -0.462 e. The van der Waals surface area contributed by atoms with Crippen molar-refractivity contribution in [3.63, 3.8) is 0 Å². The monoisotopic (exact) mass is 449 g/mol. The highest BCUT2D eigenvalue weighted by Crippen LogP contribution is 2.36. The maximum atomic E-state index is 12.9. The van der Waals surface area contributed by atoms with Gasteiger partial charge in [0.15, 0.2) is 4.32 Å². The van der Waals surface area contributed by atoms with E-state index in [0.717, 1.165) is 16.8 Å². The Morgan fingerprint density at radius 3 is 2.48 bits per heavy atom. The van der Waals surface area contributed by atoms with Gasteiger partial charge in [-0.1, -0.05) is 53.8 Å². The highest BCUT2D eigenvalue weighted by Gasteiger charge is 2.33. The Morgan fingerprint density at radius 2 is 1.81 bits per heavy atom. The topological polar surface area (TPSA) is 59.8 Å². The highest BCUT2D eigenvalue weighted by atomic mass is 32.2. The van der Waals surface area contributed by atoms with Gasteiger partial charge in [0.05, 0.1) is 22.8 Å². The van der Waals surface area contributed by atoms with Gasteiger partial charge in [0.1, 0.15) is 11.5 Å². The molecule has 0 N–H and O–H groups in total. The first kappa shape index (κ1) is 21.1. The average molecular weight is 450 g/mol. The molecule has 1 aliphatic rings. The van der Waals surface area contributed by atoms with Crippen LogP contribution in [0.15, 0.2) is 70.0 Å². The number of thiocarbonyl (C=S) groups is 1. The van der Waals surface area contributed by atoms with Crippen molar-refractivity contribution in [2.75, 3.05) is 11.5 Å². The summed E-state index contributed by atoms with van der Waals surface area (Å²) < 4.78 is 11.4. The quantitative estimate of drug-likeness (QED) is 0.277. The van der Waals surface area contributed by atoms with Gasteiger partial charge in [-0.3, -0.25) is 9.69 Å². The fraction of sp³-hybridized carbons (Fsp3) is 0.125. The number of esters is 1. The Labute approximate surface area is 189 Å². The van der Waals surface area contributed by atoms with Gasteiger partial charge in [-0.25, -0.2) is 4.79 Å². The van der Waals surface area contributed by atoms with Crippen LogP contribution in [-0.2, 0) is 9.53 Å². The molecule has 0 spiro atoms. The van der Waals surface area contributed by atoms with Gasteiger partial charge in [0.2, 0.25) is 0 Å². The number of rotatable bonds is 5. The van der Waals surface area contributed by atoms with Gasteiger partial charge in [0, 0.05) is 11.6 Å². The number of ether oxygens (including phenoxy) is 1. The van der Waals surface area contributed by atoms with Crippen LogP contribution >= 0.6 is 24.0 Å². The van der Waals surface area contributed by atoms with Gasteiger partial charge < -0.3 is 9.15 Å². The Hall–Kier alpha value is -3.16. The van der Waals surface area contributed by atoms with E-state index in [1.165, 1.54) is 16.7 Å². The van der Waals surface area contributed by atoms with Gasteiger partial charge in [-0.15, -0.1) is 0 Å². The minimum atomic E-state index is -0.357. The molecule has 0 radical (unpaired) electrons. The van der Waals surface area contributed by atoms with Crippen LogP contribution < -0.4 is 4.90 Å². The zero-order chi connectivity index (χ0) is 22.0. The predicted molar refractivity (Wildman–Crippen MR) is 127 cm³/mol. The average Bonchev–Trinajstić information content (AvgIpc) is 3.34. The van der Waals surface area contributed by atoms with Crippen molar-refractivity contribution < 1.29 is 18.7 Å². The third-order valence-corrected chi connectivity index (χ3v) is 5.97. The number of furan rings is 1. The van der Waals surface area contributed by atoms with Crippen molar-refractivity contribution in [1.29, 1.82) is 0 Å². The van der Waals surface area contributed by atoms with Crippen LogP contribution in [0.25, 0.3) is 17.4 Å². The summed E-state index contributed by atoms with van der Waals surface area (Å²) in [6.45, 7) is 4.09. The fourth-order valence-electron chi connectivity index (χ4n) is 3.08. The molecule has 7 heteroatoms. The third kappa shape index (κ3) is 4.47. The zero-order valence-corrected chi connectivity index (χ0v) is 18.6. The van der Waals surface area contributed by atoms with E-state index in [1.807, 2.05) is 37.3 Å². The number of anilines is 1. The van der Waals surface area contributed by atoms with E-state index >= 15 is 0 Å². The lowest BCUT2D eigenvalue weighted by molar-refractivity contribution is -0.113. The van der Waals surface area contributed by atoms with Crippen LogP contribution in [0.5, 0.6) is 0 Å². The van der Waals surface area contributed by atoms with Crippen molar-refractivity contribution in [2.45, 2.75) is 13.8 Å². The first-order valence-electron chi connectivity index (χ1n) is 9.68. The number of carbonyl (C=O) groups is 2. The van der Waals surface area contributed by atoms with Crippen LogP contribution in [-0.4, -0.2) is 22.8 Å². The summed E-state index contributed by atoms with van der Waals surface area (Å²) in [5.74, 6) is 0.657. The lowest BCUT2D eigenvalue weighted by atomic mass is 10.1. The number of benzene rings is 2. The molecule has 3 aromatic rings. The largest absolute Gasteiger partial charge is 0.462 e. The molecule has 1 aliphatic heterocycles. The Kier molecular flexibility index (Phi) is 6.06. The standard InChI is InChI=1S/C24H19NO4S2/c1-3-28-23(27)17-8-6-16(7-9-17)20-13-12-19(29-20)14-21-22(26)25(24(30)31-21)18-10-4-15(2)5-11-18/h4-14H,3H2,1-2H3/b21-14-. The molecule has 31 heavy (non-hydrogen) atoms. The van der Waals surface area contributed by atoms with Crippen LogP contribution in [0, 0.1) is 6.92 Å². The second-order valence-electron chi connectivity index (χ2n) is 6.85. The molecule has 0 saturated carbocycles. The van der Waals surface area contributed by atoms with Crippen LogP contribution in [0.2, 0.25) is 0 Å². The van der Waals surface area contributed by atoms with Gasteiger partial charge in [-0.05, 0) is 50.2 Å². The van der Waals surface area contributed by atoms with Crippen molar-refractivity contribution in [2.24, 2.45) is 0 Å². The van der Waals surface area contributed by atoms with E-state index in [0.29, 0.717) is 32.9 Å². The molecule has 2 heterocycles. The molecule has 1 saturated heterocycles. The summed E-state index contributed by atoms with van der Waals surface area (Å²) in [4.78, 5) is 26.7. The number of aryl methyl sites for hydroxylation is 1. The predicted octanol–water partition coefficient (Wildman–Crippen LogP) is 5.84. The molecule has 1 fully saturated rings. The maximum Gasteiger partial charge on any atom is 0.338 e. The summed E-state index contributed by atoms with van der Waals surface area (Å²) in [6.07, 6.45) is 1.70. The Morgan fingerprint density at radius 1 is 1.10 bits per heavy atom. The molecular formula is C24H19NO4S2. The van der Waals surface area contributed by atoms with E-state index in [4.69, 9.17) is 21.4 Å². The molecule has 0 unspecified atom stereocenters. The summed E-state index contributed by atoms with van der Waals surface area (Å²) in [5, 5.41) is 0. The van der Waals surface area contributed by atoms with E-state index in [1.54, 1.807) is 43.3 Å². The summed E-state index contributed by atoms with van der Waals surface area (Å²) in [5.41, 5.74) is 3.17. The Bertz CT molecular complexity index is 1180. The number of nitrogens with zero attached hydrogens (tertiary/aromatic N) is 1. The van der Waals surface area contributed by atoms with Gasteiger partial charge in [-0.2, -0.15) is 0 Å². The second kappa shape index (κ2) is 8.91. The first-order chi connectivity index (χ1) is 15.0. The molecule has 1 amide bonds. The summed E-state index contributed by atoms with van der Waals surface area (Å²) in [7, 11) is 0. The number of carbonyl (C=O) groups excluding carboxylic acids is 2. The number of thioether (sulfide) groups is 1. The van der Waals surface area contributed by atoms with Gasteiger partial charge >= 0.3 is 5.97 Å². The highest BCUT2D eigenvalue weighted by molar-refractivity contribution is 8.27. The zero-order valence-electron chi connectivity index (χ0n) is 17.0. The molecule has 0 aliphatic carbocycles. The molecule has 1 aromatic heterocycles. The number of amides is 1. The lowest BCUT2D eigenvalue weighted by Gasteiger charge is -2.14. The number of hydrogen-bond acceptors (Lipinski definition) is 6. The van der Waals surface area contributed by atoms with E-state index in [2.05, 4.69) is 0 Å². The van der Waals surface area contributed by atoms with Crippen LogP contribution in [0.1, 0.15) is 28.6 Å². The first-order valence-corrected chi connectivity index (χ1v) is 10.9. The molecule has 0 atom stereocenters. The van der Waals surface area contributed by atoms with Crippen molar-refractivity contribution in [1.82, 2.24) is 0 Å². The van der Waals surface area contributed by atoms with Crippen LogP contribution in [0.3, 0.4) is 0 Å². The molecule has 156 valence electrons. The molecule has 0 bridgehead atoms. The molecular weight excluding hydrogens is 430 g/mol.